The van der Waals surface area contributed by atoms with E-state index in [-0.39, 0.29) is 5.82 Å². The molecule has 0 fully saturated rings. The Morgan fingerprint density at radius 3 is 2.80 bits per heavy atom. The first-order valence-corrected chi connectivity index (χ1v) is 4.50. The van der Waals surface area contributed by atoms with Gasteiger partial charge in [0.25, 0.3) is 0 Å². The van der Waals surface area contributed by atoms with Crippen molar-refractivity contribution in [1.29, 1.82) is 0 Å². The molecule has 0 aliphatic rings. The Balaban J connectivity index is 2.54. The van der Waals surface area contributed by atoms with Crippen LogP contribution >= 0.6 is 0 Å². The lowest BCUT2D eigenvalue weighted by Gasteiger charge is -2.03. The van der Waals surface area contributed by atoms with Crippen LogP contribution < -0.4 is 4.85 Å². The zero-order valence-electron chi connectivity index (χ0n) is 8.14. The predicted molar refractivity (Wildman–Crippen MR) is 53.3 cm³/mol. The van der Waals surface area contributed by atoms with Crippen LogP contribution in [-0.4, -0.2) is 5.10 Å². The molecule has 76 valence electrons. The maximum Gasteiger partial charge on any atom is 0.209 e. The average Bonchev–Trinajstić information content (AvgIpc) is 2.17. The minimum Gasteiger partial charge on any atom is -0.594 e. The van der Waals surface area contributed by atoms with Crippen molar-refractivity contribution >= 4 is 0 Å². The highest BCUT2D eigenvalue weighted by molar-refractivity contribution is 5.62. The Bertz CT molecular complexity index is 500. The highest BCUT2D eigenvalue weighted by Crippen LogP contribution is 2.20. The SMILES string of the molecule is Cc1cc(F)ccc1-c1ccc[n+]([O-])n1. The van der Waals surface area contributed by atoms with Crippen LogP contribution in [0.1, 0.15) is 5.56 Å². The van der Waals surface area contributed by atoms with Gasteiger partial charge in [-0.2, -0.15) is 0 Å². The predicted octanol–water partition coefficient (Wildman–Crippen LogP) is 1.83. The first-order chi connectivity index (χ1) is 7.16. The van der Waals surface area contributed by atoms with Crippen molar-refractivity contribution in [3.05, 3.63) is 53.1 Å². The van der Waals surface area contributed by atoms with Crippen LogP contribution in [0.2, 0.25) is 0 Å². The fourth-order valence-corrected chi connectivity index (χ4v) is 1.44. The molecular formula is C11H9FN2O. The number of hydrogen-bond acceptors (Lipinski definition) is 2. The standard InChI is InChI=1S/C11H9FN2O/c1-8-7-9(12)4-5-10(8)11-3-2-6-14(15)13-11/h2-7H,1H3. The number of aromatic nitrogens is 2. The van der Waals surface area contributed by atoms with Crippen LogP contribution in [-0.2, 0) is 0 Å². The first-order valence-electron chi connectivity index (χ1n) is 4.50. The number of nitrogens with zero attached hydrogens (tertiary/aromatic N) is 2. The molecule has 0 saturated heterocycles. The molecule has 0 aliphatic heterocycles. The summed E-state index contributed by atoms with van der Waals surface area (Å²) in [6, 6.07) is 7.71. The monoisotopic (exact) mass is 204 g/mol. The molecule has 0 spiro atoms. The molecule has 0 saturated carbocycles. The van der Waals surface area contributed by atoms with Crippen molar-refractivity contribution in [2.75, 3.05) is 0 Å². The highest BCUT2D eigenvalue weighted by Gasteiger charge is 2.06. The molecular weight excluding hydrogens is 195 g/mol. The van der Waals surface area contributed by atoms with E-state index in [1.54, 1.807) is 25.1 Å². The van der Waals surface area contributed by atoms with E-state index >= 15 is 0 Å². The van der Waals surface area contributed by atoms with E-state index in [1.165, 1.54) is 18.3 Å². The molecule has 0 atom stereocenters. The lowest BCUT2D eigenvalue weighted by atomic mass is 10.1. The number of benzene rings is 1. The summed E-state index contributed by atoms with van der Waals surface area (Å²) >= 11 is 0. The van der Waals surface area contributed by atoms with Crippen molar-refractivity contribution in [3.8, 4) is 11.3 Å². The minimum absolute atomic E-state index is 0.290. The third kappa shape index (κ3) is 1.93. The summed E-state index contributed by atoms with van der Waals surface area (Å²) < 4.78 is 12.9. The van der Waals surface area contributed by atoms with Crippen molar-refractivity contribution in [1.82, 2.24) is 5.10 Å². The van der Waals surface area contributed by atoms with Gasteiger partial charge in [-0.3, -0.25) is 0 Å². The largest absolute Gasteiger partial charge is 0.594 e. The van der Waals surface area contributed by atoms with E-state index < -0.39 is 0 Å². The van der Waals surface area contributed by atoms with Gasteiger partial charge in [-0.05, 0) is 36.8 Å². The smallest absolute Gasteiger partial charge is 0.209 e. The lowest BCUT2D eigenvalue weighted by molar-refractivity contribution is -0.668. The van der Waals surface area contributed by atoms with Crippen LogP contribution in [0, 0.1) is 17.9 Å². The number of halogens is 1. The Kier molecular flexibility index (Phi) is 2.33. The zero-order valence-corrected chi connectivity index (χ0v) is 8.14. The molecule has 1 aromatic heterocycles. The van der Waals surface area contributed by atoms with Crippen molar-refractivity contribution in [2.45, 2.75) is 6.92 Å². The molecule has 1 heterocycles. The Labute approximate surface area is 86.4 Å². The fraction of sp³-hybridized carbons (Fsp3) is 0.0909. The molecule has 0 radical (unpaired) electrons. The van der Waals surface area contributed by atoms with Gasteiger partial charge in [0, 0.05) is 16.7 Å². The van der Waals surface area contributed by atoms with E-state index in [2.05, 4.69) is 5.10 Å². The summed E-state index contributed by atoms with van der Waals surface area (Å²) in [6.07, 6.45) is 1.31. The molecule has 0 N–H and O–H groups in total. The van der Waals surface area contributed by atoms with Crippen LogP contribution in [0.3, 0.4) is 0 Å². The summed E-state index contributed by atoms with van der Waals surface area (Å²) in [5.41, 5.74) is 2.07. The molecule has 3 nitrogen and oxygen atoms in total. The first kappa shape index (κ1) is 9.58. The Hall–Kier alpha value is -1.97. The molecule has 15 heavy (non-hydrogen) atoms. The van der Waals surface area contributed by atoms with Gasteiger partial charge >= 0.3 is 0 Å². The maximum absolute atomic E-state index is 12.9. The second-order valence-corrected chi connectivity index (χ2v) is 3.26. The average molecular weight is 204 g/mol. The van der Waals surface area contributed by atoms with Gasteiger partial charge < -0.3 is 5.21 Å². The molecule has 0 unspecified atom stereocenters. The van der Waals surface area contributed by atoms with E-state index in [0.29, 0.717) is 10.5 Å². The molecule has 0 aliphatic carbocycles. The second-order valence-electron chi connectivity index (χ2n) is 3.26. The summed E-state index contributed by atoms with van der Waals surface area (Å²) in [4.78, 5) is 0.484. The van der Waals surface area contributed by atoms with Crippen LogP contribution in [0.5, 0.6) is 0 Å². The maximum atomic E-state index is 12.9. The topological polar surface area (TPSA) is 39.8 Å². The van der Waals surface area contributed by atoms with Gasteiger partial charge in [0.2, 0.25) is 6.20 Å². The fourth-order valence-electron chi connectivity index (χ4n) is 1.44. The summed E-state index contributed by atoms with van der Waals surface area (Å²) in [5, 5.41) is 14.7. The number of hydrogen-bond donors (Lipinski definition) is 0. The van der Waals surface area contributed by atoms with Crippen LogP contribution in [0.25, 0.3) is 11.3 Å². The number of rotatable bonds is 1. The van der Waals surface area contributed by atoms with E-state index in [1.807, 2.05) is 0 Å². The Morgan fingerprint density at radius 2 is 2.13 bits per heavy atom. The van der Waals surface area contributed by atoms with Gasteiger partial charge in [-0.25, -0.2) is 4.39 Å². The van der Waals surface area contributed by atoms with Gasteiger partial charge in [-0.15, -0.1) is 0 Å². The second kappa shape index (κ2) is 3.65. The van der Waals surface area contributed by atoms with Gasteiger partial charge in [-0.1, -0.05) is 4.85 Å². The molecule has 2 aromatic rings. The third-order valence-electron chi connectivity index (χ3n) is 2.14. The highest BCUT2D eigenvalue weighted by atomic mass is 19.1. The van der Waals surface area contributed by atoms with E-state index in [9.17, 15) is 9.60 Å². The summed E-state index contributed by atoms with van der Waals surface area (Å²) in [5.74, 6) is -0.290. The van der Waals surface area contributed by atoms with Gasteiger partial charge in [0.15, 0.2) is 0 Å². The Morgan fingerprint density at radius 1 is 1.33 bits per heavy atom. The molecule has 4 heteroatoms. The molecule has 0 amide bonds. The van der Waals surface area contributed by atoms with Gasteiger partial charge in [0.1, 0.15) is 11.5 Å². The van der Waals surface area contributed by atoms with Crippen LogP contribution in [0.15, 0.2) is 36.5 Å². The van der Waals surface area contributed by atoms with Crippen molar-refractivity contribution in [3.63, 3.8) is 0 Å². The molecule has 2 rings (SSSR count). The molecule has 1 aromatic carbocycles. The van der Waals surface area contributed by atoms with Crippen LogP contribution in [0.4, 0.5) is 4.39 Å². The van der Waals surface area contributed by atoms with Crippen molar-refractivity contribution in [2.24, 2.45) is 0 Å². The van der Waals surface area contributed by atoms with E-state index in [4.69, 9.17) is 0 Å². The molecule has 0 bridgehead atoms. The quantitative estimate of drug-likeness (QED) is 0.525. The lowest BCUT2D eigenvalue weighted by Crippen LogP contribution is -2.30. The number of aryl methyl sites for hydroxylation is 1. The minimum atomic E-state index is -0.290. The zero-order chi connectivity index (χ0) is 10.8. The third-order valence-corrected chi connectivity index (χ3v) is 2.14. The van der Waals surface area contributed by atoms with Crippen molar-refractivity contribution < 1.29 is 9.24 Å². The van der Waals surface area contributed by atoms with E-state index in [0.717, 1.165) is 11.1 Å². The summed E-state index contributed by atoms with van der Waals surface area (Å²) in [6.45, 7) is 1.78. The normalized spacial score (nSPS) is 10.3. The summed E-state index contributed by atoms with van der Waals surface area (Å²) in [7, 11) is 0. The van der Waals surface area contributed by atoms with Gasteiger partial charge in [0.05, 0.1) is 0 Å².